The molecule has 0 heterocycles. The molecule has 0 amide bonds. The highest BCUT2D eigenvalue weighted by Gasteiger charge is 2.38. The summed E-state index contributed by atoms with van der Waals surface area (Å²) in [6.07, 6.45) is 11.7. The van der Waals surface area contributed by atoms with Crippen LogP contribution in [-0.4, -0.2) is 130 Å². The SMILES string of the molecule is CC(C)(C)OC(=O)CN(CCN(CC(=O)OC(C)(C)C)[C@@H](CC1CCCCC1)C(=O)OC(C)(C)C)CCN(CC(=O)OC(C)(C)C)[C@@H](CC1CCCCC1)C(=O)OC(C)(C)C. The van der Waals surface area contributed by atoms with E-state index in [0.29, 0.717) is 24.7 Å². The van der Waals surface area contributed by atoms with Gasteiger partial charge in [-0.2, -0.15) is 0 Å². The van der Waals surface area contributed by atoms with Crippen LogP contribution in [0.1, 0.15) is 181 Å². The van der Waals surface area contributed by atoms with Gasteiger partial charge in [-0.25, -0.2) is 0 Å². The molecular formula is C48H87N3O10. The van der Waals surface area contributed by atoms with Crippen molar-refractivity contribution < 1.29 is 47.7 Å². The predicted octanol–water partition coefficient (Wildman–Crippen LogP) is 8.28. The fourth-order valence-electron chi connectivity index (χ4n) is 8.14. The monoisotopic (exact) mass is 866 g/mol. The van der Waals surface area contributed by atoms with Crippen molar-refractivity contribution in [3.05, 3.63) is 0 Å². The molecule has 61 heavy (non-hydrogen) atoms. The smallest absolute Gasteiger partial charge is 0.323 e. The molecular weight excluding hydrogens is 779 g/mol. The molecule has 2 atom stereocenters. The highest BCUT2D eigenvalue weighted by atomic mass is 16.6. The lowest BCUT2D eigenvalue weighted by atomic mass is 9.84. The summed E-state index contributed by atoms with van der Waals surface area (Å²) in [5, 5.41) is 0. The van der Waals surface area contributed by atoms with Crippen LogP contribution in [0.5, 0.6) is 0 Å². The maximum Gasteiger partial charge on any atom is 0.323 e. The van der Waals surface area contributed by atoms with Gasteiger partial charge in [0.15, 0.2) is 0 Å². The van der Waals surface area contributed by atoms with Crippen LogP contribution in [-0.2, 0) is 47.7 Å². The third kappa shape index (κ3) is 24.6. The molecule has 2 saturated carbocycles. The molecule has 0 aromatic heterocycles. The molecule has 0 bridgehead atoms. The Morgan fingerprint density at radius 3 is 0.967 bits per heavy atom. The minimum Gasteiger partial charge on any atom is -0.459 e. The van der Waals surface area contributed by atoms with Gasteiger partial charge in [0, 0.05) is 26.2 Å². The summed E-state index contributed by atoms with van der Waals surface area (Å²) in [4.78, 5) is 74.6. The molecule has 13 nitrogen and oxygen atoms in total. The number of hydrogen-bond acceptors (Lipinski definition) is 13. The zero-order chi connectivity index (χ0) is 46.4. The number of hydrogen-bond donors (Lipinski definition) is 0. The number of ether oxygens (including phenoxy) is 5. The van der Waals surface area contributed by atoms with Crippen molar-refractivity contribution in [2.75, 3.05) is 45.8 Å². The maximum atomic E-state index is 14.1. The quantitative estimate of drug-likeness (QED) is 0.0857. The number of nitrogens with zero attached hydrogens (tertiary/aromatic N) is 3. The minimum atomic E-state index is -0.748. The molecule has 0 aliphatic heterocycles. The van der Waals surface area contributed by atoms with Gasteiger partial charge in [0.1, 0.15) is 40.1 Å². The Hall–Kier alpha value is -2.77. The molecule has 0 unspecified atom stereocenters. The van der Waals surface area contributed by atoms with E-state index in [1.54, 1.807) is 0 Å². The zero-order valence-corrected chi connectivity index (χ0v) is 41.2. The van der Waals surface area contributed by atoms with Gasteiger partial charge in [0.2, 0.25) is 0 Å². The second-order valence-electron chi connectivity index (χ2n) is 22.6. The van der Waals surface area contributed by atoms with Gasteiger partial charge in [-0.3, -0.25) is 38.7 Å². The van der Waals surface area contributed by atoms with Crippen LogP contribution in [0.4, 0.5) is 0 Å². The van der Waals surface area contributed by atoms with Crippen molar-refractivity contribution in [2.45, 2.75) is 221 Å². The largest absolute Gasteiger partial charge is 0.459 e. The Balaban J connectivity index is 2.60. The number of esters is 5. The van der Waals surface area contributed by atoms with Crippen molar-refractivity contribution in [1.82, 2.24) is 14.7 Å². The van der Waals surface area contributed by atoms with E-state index in [9.17, 15) is 24.0 Å². The third-order valence-corrected chi connectivity index (χ3v) is 10.5. The van der Waals surface area contributed by atoms with E-state index in [2.05, 4.69) is 0 Å². The van der Waals surface area contributed by atoms with Gasteiger partial charge in [-0.15, -0.1) is 0 Å². The summed E-state index contributed by atoms with van der Waals surface area (Å²) < 4.78 is 29.4. The van der Waals surface area contributed by atoms with Gasteiger partial charge in [0.25, 0.3) is 0 Å². The normalized spacial score (nSPS) is 17.5. The molecule has 354 valence electrons. The van der Waals surface area contributed by atoms with Crippen molar-refractivity contribution >= 4 is 29.8 Å². The summed E-state index contributed by atoms with van der Waals surface area (Å²) in [5.41, 5.74) is -3.71. The number of carbonyl (C=O) groups excluding carboxylic acids is 5. The molecule has 2 fully saturated rings. The van der Waals surface area contributed by atoms with E-state index in [-0.39, 0.29) is 45.8 Å². The molecule has 0 spiro atoms. The average molecular weight is 866 g/mol. The van der Waals surface area contributed by atoms with Crippen molar-refractivity contribution in [2.24, 2.45) is 11.8 Å². The second-order valence-corrected chi connectivity index (χ2v) is 22.6. The lowest BCUT2D eigenvalue weighted by molar-refractivity contribution is -0.167. The molecule has 2 rings (SSSR count). The van der Waals surface area contributed by atoms with Crippen LogP contribution in [0.15, 0.2) is 0 Å². The highest BCUT2D eigenvalue weighted by molar-refractivity contribution is 5.79. The fraction of sp³-hybridized carbons (Fsp3) is 0.896. The fourth-order valence-corrected chi connectivity index (χ4v) is 8.14. The molecule has 0 saturated heterocycles. The summed E-state index contributed by atoms with van der Waals surface area (Å²) in [6.45, 7) is 27.9. The molecule has 2 aliphatic carbocycles. The van der Waals surface area contributed by atoms with E-state index >= 15 is 0 Å². The molecule has 0 radical (unpaired) electrons. The van der Waals surface area contributed by atoms with Gasteiger partial charge in [0.05, 0.1) is 19.6 Å². The van der Waals surface area contributed by atoms with Gasteiger partial charge < -0.3 is 23.7 Å². The van der Waals surface area contributed by atoms with Crippen LogP contribution >= 0.6 is 0 Å². The van der Waals surface area contributed by atoms with E-state index in [4.69, 9.17) is 23.7 Å². The van der Waals surface area contributed by atoms with Crippen LogP contribution < -0.4 is 0 Å². The number of carbonyl (C=O) groups is 5. The van der Waals surface area contributed by atoms with Crippen LogP contribution in [0.2, 0.25) is 0 Å². The maximum absolute atomic E-state index is 14.1. The standard InChI is InChI=1S/C48H87N3O10/c1-44(2,3)57-39(52)32-49(26-28-50(33-40(53)58-45(4,5)6)37(42(55)60-47(10,11)12)30-35-22-18-16-19-23-35)27-29-51(34-41(54)59-46(7,8)9)38(43(56)61-48(13,14)15)31-36-24-20-17-21-25-36/h35-38H,16-34H2,1-15H3/t37-,38-/m0/s1. The Bertz CT molecular complexity index is 1300. The first-order valence-corrected chi connectivity index (χ1v) is 23.2. The Kier molecular flexibility index (Phi) is 21.2. The minimum absolute atomic E-state index is 0.0999. The summed E-state index contributed by atoms with van der Waals surface area (Å²) in [5.74, 6) is -1.58. The second kappa shape index (κ2) is 23.8. The van der Waals surface area contributed by atoms with Crippen LogP contribution in [0, 0.1) is 11.8 Å². The first-order valence-electron chi connectivity index (χ1n) is 23.2. The van der Waals surface area contributed by atoms with E-state index < -0.39 is 69.9 Å². The van der Waals surface area contributed by atoms with E-state index in [1.165, 1.54) is 0 Å². The van der Waals surface area contributed by atoms with Crippen molar-refractivity contribution in [3.63, 3.8) is 0 Å². The molecule has 2 aliphatic rings. The lowest BCUT2D eigenvalue weighted by Crippen LogP contribution is -2.53. The highest BCUT2D eigenvalue weighted by Crippen LogP contribution is 2.31. The number of rotatable bonds is 20. The first kappa shape index (κ1) is 54.4. The van der Waals surface area contributed by atoms with Gasteiger partial charge in [-0.05, 0) is 129 Å². The first-order chi connectivity index (χ1) is 27.9. The Morgan fingerprint density at radius 1 is 0.410 bits per heavy atom. The van der Waals surface area contributed by atoms with Crippen LogP contribution in [0.3, 0.4) is 0 Å². The molecule has 13 heteroatoms. The Morgan fingerprint density at radius 2 is 0.689 bits per heavy atom. The third-order valence-electron chi connectivity index (χ3n) is 10.5. The molecule has 0 aromatic rings. The van der Waals surface area contributed by atoms with Crippen molar-refractivity contribution in [1.29, 1.82) is 0 Å². The predicted molar refractivity (Wildman–Crippen MR) is 239 cm³/mol. The van der Waals surface area contributed by atoms with Crippen LogP contribution in [0.25, 0.3) is 0 Å². The molecule has 0 N–H and O–H groups in total. The Labute approximate surface area is 370 Å². The topological polar surface area (TPSA) is 141 Å². The summed E-state index contributed by atoms with van der Waals surface area (Å²) in [6, 6.07) is -1.46. The van der Waals surface area contributed by atoms with Crippen molar-refractivity contribution in [3.8, 4) is 0 Å². The zero-order valence-electron chi connectivity index (χ0n) is 41.2. The van der Waals surface area contributed by atoms with E-state index in [0.717, 1.165) is 64.2 Å². The lowest BCUT2D eigenvalue weighted by Gasteiger charge is -2.37. The van der Waals surface area contributed by atoms with E-state index in [1.807, 2.05) is 119 Å². The summed E-state index contributed by atoms with van der Waals surface area (Å²) in [7, 11) is 0. The average Bonchev–Trinajstić information content (AvgIpc) is 3.06. The summed E-state index contributed by atoms with van der Waals surface area (Å²) >= 11 is 0. The van der Waals surface area contributed by atoms with Gasteiger partial charge in [-0.1, -0.05) is 64.2 Å². The van der Waals surface area contributed by atoms with Gasteiger partial charge >= 0.3 is 29.8 Å². The molecule has 0 aromatic carbocycles.